The van der Waals surface area contributed by atoms with Crippen molar-refractivity contribution in [3.63, 3.8) is 0 Å². The highest BCUT2D eigenvalue weighted by Crippen LogP contribution is 2.26. The lowest BCUT2D eigenvalue weighted by Gasteiger charge is -2.38. The Balaban J connectivity index is 1.31. The van der Waals surface area contributed by atoms with Crippen molar-refractivity contribution in [1.29, 1.82) is 0 Å². The first-order valence-electron chi connectivity index (χ1n) is 14.1. The standard InChI is InChI=1S/C32H41N3O4S/c1-3-35(32(36)39-26-27-13-7-4-8-14-27)30-20-23-34(24-21-30)22-19-29(28-15-9-5-10-16-28)25-33(2)40(37,38)31-17-11-6-12-18-31/h4-18,29-30H,3,19-26H2,1-2H3/t29-/m0/s1. The van der Waals surface area contributed by atoms with Gasteiger partial charge in [-0.1, -0.05) is 78.9 Å². The number of rotatable bonds is 12. The average Bonchev–Trinajstić information content (AvgIpc) is 3.00. The number of hydrogen-bond acceptors (Lipinski definition) is 5. The molecule has 1 amide bonds. The predicted molar refractivity (Wildman–Crippen MR) is 159 cm³/mol. The number of piperidine rings is 1. The van der Waals surface area contributed by atoms with E-state index in [-0.39, 0.29) is 24.7 Å². The van der Waals surface area contributed by atoms with E-state index in [1.165, 1.54) is 4.31 Å². The van der Waals surface area contributed by atoms with Crippen molar-refractivity contribution in [2.45, 2.75) is 49.6 Å². The molecule has 1 atom stereocenters. The smallest absolute Gasteiger partial charge is 0.410 e. The molecule has 0 aromatic heterocycles. The zero-order valence-electron chi connectivity index (χ0n) is 23.6. The molecule has 1 aliphatic heterocycles. The third kappa shape index (κ3) is 7.93. The van der Waals surface area contributed by atoms with Gasteiger partial charge in [-0.2, -0.15) is 0 Å². The van der Waals surface area contributed by atoms with Crippen LogP contribution in [0.1, 0.15) is 43.2 Å². The maximum Gasteiger partial charge on any atom is 0.410 e. The topological polar surface area (TPSA) is 70.2 Å². The summed E-state index contributed by atoms with van der Waals surface area (Å²) < 4.78 is 33.5. The molecule has 40 heavy (non-hydrogen) atoms. The number of benzene rings is 3. The molecule has 1 saturated heterocycles. The molecule has 7 nitrogen and oxygen atoms in total. The van der Waals surface area contributed by atoms with Crippen LogP contribution in [0.25, 0.3) is 0 Å². The highest BCUT2D eigenvalue weighted by Gasteiger charge is 2.29. The second-order valence-corrected chi connectivity index (χ2v) is 12.4. The van der Waals surface area contributed by atoms with Crippen LogP contribution in [0.3, 0.4) is 0 Å². The number of carbonyl (C=O) groups excluding carboxylic acids is 1. The summed E-state index contributed by atoms with van der Waals surface area (Å²) in [5, 5.41) is 0. The first-order chi connectivity index (χ1) is 19.4. The van der Waals surface area contributed by atoms with Crippen LogP contribution in [0, 0.1) is 0 Å². The number of carbonyl (C=O) groups is 1. The zero-order valence-corrected chi connectivity index (χ0v) is 24.4. The molecule has 0 bridgehead atoms. The molecule has 8 heteroatoms. The van der Waals surface area contributed by atoms with Crippen molar-refractivity contribution in [2.75, 3.05) is 39.8 Å². The number of likely N-dealkylation sites (tertiary alicyclic amines) is 1. The van der Waals surface area contributed by atoms with E-state index in [9.17, 15) is 13.2 Å². The van der Waals surface area contributed by atoms with E-state index in [0.29, 0.717) is 18.0 Å². The van der Waals surface area contributed by atoms with E-state index in [0.717, 1.165) is 50.0 Å². The molecule has 0 radical (unpaired) electrons. The lowest BCUT2D eigenvalue weighted by Crippen LogP contribution is -2.47. The second-order valence-electron chi connectivity index (χ2n) is 10.4. The molecule has 214 valence electrons. The molecule has 1 heterocycles. The van der Waals surface area contributed by atoms with Crippen molar-refractivity contribution >= 4 is 16.1 Å². The van der Waals surface area contributed by atoms with Gasteiger partial charge in [0.1, 0.15) is 6.61 Å². The van der Waals surface area contributed by atoms with Crippen molar-refractivity contribution in [2.24, 2.45) is 0 Å². The van der Waals surface area contributed by atoms with Gasteiger partial charge in [-0.15, -0.1) is 0 Å². The normalized spacial score (nSPS) is 15.6. The van der Waals surface area contributed by atoms with E-state index in [1.807, 2.05) is 66.4 Å². The van der Waals surface area contributed by atoms with Gasteiger partial charge in [0.2, 0.25) is 10.0 Å². The Morgan fingerprint density at radius 3 is 2.10 bits per heavy atom. The van der Waals surface area contributed by atoms with Crippen LogP contribution in [0.4, 0.5) is 4.79 Å². The second kappa shape index (κ2) is 14.4. The van der Waals surface area contributed by atoms with Crippen molar-refractivity contribution < 1.29 is 17.9 Å². The zero-order chi connectivity index (χ0) is 28.4. The molecular formula is C32H41N3O4S. The van der Waals surface area contributed by atoms with Gasteiger partial charge in [-0.25, -0.2) is 17.5 Å². The van der Waals surface area contributed by atoms with E-state index in [2.05, 4.69) is 17.0 Å². The number of likely N-dealkylation sites (N-methyl/N-ethyl adjacent to an activating group) is 1. The highest BCUT2D eigenvalue weighted by atomic mass is 32.2. The fourth-order valence-electron chi connectivity index (χ4n) is 5.40. The Kier molecular flexibility index (Phi) is 10.7. The van der Waals surface area contributed by atoms with E-state index in [4.69, 9.17) is 4.74 Å². The Labute approximate surface area is 239 Å². The number of ether oxygens (including phenoxy) is 1. The third-order valence-electron chi connectivity index (χ3n) is 7.77. The van der Waals surface area contributed by atoms with Crippen LogP contribution < -0.4 is 0 Å². The van der Waals surface area contributed by atoms with Crippen LogP contribution in [0.2, 0.25) is 0 Å². The Morgan fingerprint density at radius 2 is 1.50 bits per heavy atom. The van der Waals surface area contributed by atoms with Crippen LogP contribution in [0.15, 0.2) is 95.9 Å². The molecule has 4 rings (SSSR count). The van der Waals surface area contributed by atoms with Crippen LogP contribution in [-0.4, -0.2) is 74.4 Å². The van der Waals surface area contributed by atoms with E-state index >= 15 is 0 Å². The van der Waals surface area contributed by atoms with Gasteiger partial charge < -0.3 is 14.5 Å². The van der Waals surface area contributed by atoms with Gasteiger partial charge in [0.05, 0.1) is 4.90 Å². The molecule has 0 unspecified atom stereocenters. The summed E-state index contributed by atoms with van der Waals surface area (Å²) in [4.78, 5) is 17.4. The average molecular weight is 564 g/mol. The Morgan fingerprint density at radius 1 is 0.925 bits per heavy atom. The number of sulfonamides is 1. The minimum Gasteiger partial charge on any atom is -0.445 e. The summed E-state index contributed by atoms with van der Waals surface area (Å²) in [5.41, 5.74) is 2.13. The van der Waals surface area contributed by atoms with E-state index in [1.54, 1.807) is 31.3 Å². The highest BCUT2D eigenvalue weighted by molar-refractivity contribution is 7.89. The number of amides is 1. The fraction of sp³-hybridized carbons (Fsp3) is 0.406. The Bertz CT molecular complexity index is 1280. The Hall–Kier alpha value is -3.20. The van der Waals surface area contributed by atoms with Crippen molar-refractivity contribution in [3.05, 3.63) is 102 Å². The third-order valence-corrected chi connectivity index (χ3v) is 9.61. The molecule has 1 fully saturated rings. The molecule has 1 aliphatic rings. The monoisotopic (exact) mass is 563 g/mol. The van der Waals surface area contributed by atoms with Crippen molar-refractivity contribution in [1.82, 2.24) is 14.1 Å². The molecule has 0 aliphatic carbocycles. The summed E-state index contributed by atoms with van der Waals surface area (Å²) >= 11 is 0. The maximum atomic E-state index is 13.2. The molecule has 3 aromatic carbocycles. The molecule has 0 N–H and O–H groups in total. The summed E-state index contributed by atoms with van der Waals surface area (Å²) in [5.74, 6) is 0.0718. The van der Waals surface area contributed by atoms with Crippen LogP contribution >= 0.6 is 0 Å². The molecule has 0 spiro atoms. The van der Waals surface area contributed by atoms with Crippen LogP contribution in [-0.2, 0) is 21.4 Å². The number of hydrogen-bond donors (Lipinski definition) is 0. The minimum atomic E-state index is -3.57. The summed E-state index contributed by atoms with van der Waals surface area (Å²) in [7, 11) is -1.90. The van der Waals surface area contributed by atoms with E-state index < -0.39 is 10.0 Å². The first kappa shape index (κ1) is 29.8. The summed E-state index contributed by atoms with van der Waals surface area (Å²) in [6.45, 7) is 5.98. The first-order valence-corrected chi connectivity index (χ1v) is 15.6. The molecule has 0 saturated carbocycles. The van der Waals surface area contributed by atoms with Crippen molar-refractivity contribution in [3.8, 4) is 0 Å². The van der Waals surface area contributed by atoms with Gasteiger partial charge in [0, 0.05) is 39.3 Å². The van der Waals surface area contributed by atoms with Gasteiger partial charge in [0.15, 0.2) is 0 Å². The van der Waals surface area contributed by atoms with Gasteiger partial charge in [-0.05, 0) is 61.9 Å². The van der Waals surface area contributed by atoms with Gasteiger partial charge in [-0.3, -0.25) is 0 Å². The van der Waals surface area contributed by atoms with Gasteiger partial charge >= 0.3 is 6.09 Å². The fourth-order valence-corrected chi connectivity index (χ4v) is 6.64. The van der Waals surface area contributed by atoms with Gasteiger partial charge in [0.25, 0.3) is 0 Å². The minimum absolute atomic E-state index is 0.0718. The summed E-state index contributed by atoms with van der Waals surface area (Å²) in [6.07, 6.45) is 2.38. The summed E-state index contributed by atoms with van der Waals surface area (Å²) in [6, 6.07) is 28.7. The number of nitrogens with zero attached hydrogens (tertiary/aromatic N) is 3. The largest absolute Gasteiger partial charge is 0.445 e. The quantitative estimate of drug-likeness (QED) is 0.287. The van der Waals surface area contributed by atoms with Crippen LogP contribution in [0.5, 0.6) is 0 Å². The molecule has 3 aromatic rings. The SMILES string of the molecule is CCN(C(=O)OCc1ccccc1)C1CCN(CC[C@@H](CN(C)S(=O)(=O)c2ccccc2)c2ccccc2)CC1. The predicted octanol–water partition coefficient (Wildman–Crippen LogP) is 5.60. The maximum absolute atomic E-state index is 13.2. The molecular weight excluding hydrogens is 522 g/mol. The lowest BCUT2D eigenvalue weighted by molar-refractivity contribution is 0.0626. The lowest BCUT2D eigenvalue weighted by atomic mass is 9.94.